The molecule has 92 valence electrons. The van der Waals surface area contributed by atoms with Gasteiger partial charge in [0.15, 0.2) is 0 Å². The fourth-order valence-electron chi connectivity index (χ4n) is 3.28. The molecule has 2 bridgehead atoms. The zero-order valence-electron chi connectivity index (χ0n) is 10.5. The van der Waals surface area contributed by atoms with E-state index in [9.17, 15) is 5.11 Å². The summed E-state index contributed by atoms with van der Waals surface area (Å²) < 4.78 is 0. The minimum absolute atomic E-state index is 0.150. The maximum absolute atomic E-state index is 9.18. The topological polar surface area (TPSA) is 32.3 Å². The lowest BCUT2D eigenvalue weighted by atomic mass is 9.87. The Hall–Kier alpha value is -0.340. The third-order valence-corrected chi connectivity index (χ3v) is 4.24. The normalized spacial score (nSPS) is 35.6. The fraction of sp³-hybridized carbons (Fsp3) is 0.857. The molecule has 2 aliphatic rings. The number of hydrogen-bond donors (Lipinski definition) is 2. The minimum Gasteiger partial charge on any atom is -0.393 e. The van der Waals surface area contributed by atoms with E-state index in [0.717, 1.165) is 37.1 Å². The van der Waals surface area contributed by atoms with Gasteiger partial charge in [-0.05, 0) is 63.8 Å². The first-order chi connectivity index (χ1) is 7.66. The lowest BCUT2D eigenvalue weighted by Crippen LogP contribution is -2.36. The quantitative estimate of drug-likeness (QED) is 0.535. The van der Waals surface area contributed by atoms with Crippen molar-refractivity contribution >= 4 is 0 Å². The third kappa shape index (κ3) is 2.86. The van der Waals surface area contributed by atoms with Crippen molar-refractivity contribution in [1.82, 2.24) is 5.32 Å². The van der Waals surface area contributed by atoms with E-state index in [4.69, 9.17) is 0 Å². The van der Waals surface area contributed by atoms with E-state index in [0.29, 0.717) is 6.04 Å². The summed E-state index contributed by atoms with van der Waals surface area (Å²) in [5.41, 5.74) is 0. The zero-order valence-corrected chi connectivity index (χ0v) is 10.5. The second kappa shape index (κ2) is 5.33. The van der Waals surface area contributed by atoms with Crippen molar-refractivity contribution in [2.75, 3.05) is 6.54 Å². The van der Waals surface area contributed by atoms with Crippen LogP contribution >= 0.6 is 0 Å². The van der Waals surface area contributed by atoms with Crippen molar-refractivity contribution in [2.45, 2.75) is 51.7 Å². The number of fused-ring (bicyclic) bond motifs is 2. The molecule has 2 N–H and O–H groups in total. The van der Waals surface area contributed by atoms with Gasteiger partial charge in [-0.1, -0.05) is 12.2 Å². The van der Waals surface area contributed by atoms with Crippen LogP contribution < -0.4 is 5.32 Å². The average molecular weight is 223 g/mol. The molecule has 0 aliphatic heterocycles. The Morgan fingerprint density at radius 3 is 2.69 bits per heavy atom. The monoisotopic (exact) mass is 223 g/mol. The molecule has 0 spiro atoms. The molecule has 1 saturated carbocycles. The molecule has 0 saturated heterocycles. The van der Waals surface area contributed by atoms with Gasteiger partial charge >= 0.3 is 0 Å². The molecule has 2 rings (SSSR count). The predicted molar refractivity (Wildman–Crippen MR) is 67.2 cm³/mol. The number of aliphatic hydroxyl groups is 1. The number of hydrogen-bond acceptors (Lipinski definition) is 2. The number of aliphatic hydroxyl groups excluding tert-OH is 1. The first-order valence-electron chi connectivity index (χ1n) is 6.76. The molecular weight excluding hydrogens is 198 g/mol. The van der Waals surface area contributed by atoms with E-state index in [-0.39, 0.29) is 6.10 Å². The summed E-state index contributed by atoms with van der Waals surface area (Å²) in [5.74, 6) is 2.56. The molecule has 2 aliphatic carbocycles. The van der Waals surface area contributed by atoms with Crippen LogP contribution in [0.4, 0.5) is 0 Å². The van der Waals surface area contributed by atoms with Gasteiger partial charge in [0.25, 0.3) is 0 Å². The first-order valence-corrected chi connectivity index (χ1v) is 6.76. The summed E-state index contributed by atoms with van der Waals surface area (Å²) in [5, 5.41) is 12.8. The van der Waals surface area contributed by atoms with Crippen molar-refractivity contribution in [1.29, 1.82) is 0 Å². The SMILES string of the molecule is CC(O)CCCNC(C)C1CC2C=CC1C2. The van der Waals surface area contributed by atoms with Crippen molar-refractivity contribution in [3.8, 4) is 0 Å². The third-order valence-electron chi connectivity index (χ3n) is 4.24. The summed E-state index contributed by atoms with van der Waals surface area (Å²) in [6, 6.07) is 0.633. The van der Waals surface area contributed by atoms with E-state index >= 15 is 0 Å². The summed E-state index contributed by atoms with van der Waals surface area (Å²) in [4.78, 5) is 0. The molecule has 0 radical (unpaired) electrons. The van der Waals surface area contributed by atoms with E-state index < -0.39 is 0 Å². The van der Waals surface area contributed by atoms with Crippen molar-refractivity contribution < 1.29 is 5.11 Å². The lowest BCUT2D eigenvalue weighted by Gasteiger charge is -2.26. The van der Waals surface area contributed by atoms with Gasteiger partial charge in [0.1, 0.15) is 0 Å². The highest BCUT2D eigenvalue weighted by Gasteiger charge is 2.38. The smallest absolute Gasteiger partial charge is 0.0512 e. The van der Waals surface area contributed by atoms with Gasteiger partial charge < -0.3 is 10.4 Å². The van der Waals surface area contributed by atoms with E-state index in [1.807, 2.05) is 6.92 Å². The van der Waals surface area contributed by atoms with Crippen LogP contribution in [0.5, 0.6) is 0 Å². The average Bonchev–Trinajstić information content (AvgIpc) is 2.85. The Morgan fingerprint density at radius 2 is 2.12 bits per heavy atom. The number of rotatable bonds is 6. The van der Waals surface area contributed by atoms with Gasteiger partial charge in [-0.2, -0.15) is 0 Å². The van der Waals surface area contributed by atoms with Gasteiger partial charge in [-0.3, -0.25) is 0 Å². The highest BCUT2D eigenvalue weighted by molar-refractivity contribution is 5.11. The molecule has 0 aromatic heterocycles. The number of allylic oxidation sites excluding steroid dienone is 2. The van der Waals surface area contributed by atoms with Gasteiger partial charge in [0, 0.05) is 6.04 Å². The molecule has 0 aromatic rings. The molecule has 2 nitrogen and oxygen atoms in total. The Balaban J connectivity index is 1.65. The van der Waals surface area contributed by atoms with Crippen molar-refractivity contribution in [3.05, 3.63) is 12.2 Å². The standard InChI is InChI=1S/C14H25NO/c1-10(16)4-3-7-15-11(2)14-9-12-5-6-13(14)8-12/h5-6,10-16H,3-4,7-9H2,1-2H3. The summed E-state index contributed by atoms with van der Waals surface area (Å²) in [6.45, 7) is 5.23. The van der Waals surface area contributed by atoms with Crippen LogP contribution in [-0.2, 0) is 0 Å². The van der Waals surface area contributed by atoms with E-state index in [2.05, 4.69) is 24.4 Å². The van der Waals surface area contributed by atoms with Crippen LogP contribution in [0.1, 0.15) is 39.5 Å². The Morgan fingerprint density at radius 1 is 1.31 bits per heavy atom. The van der Waals surface area contributed by atoms with Crippen molar-refractivity contribution in [3.63, 3.8) is 0 Å². The highest BCUT2D eigenvalue weighted by Crippen LogP contribution is 2.44. The van der Waals surface area contributed by atoms with Crippen LogP contribution in [0.2, 0.25) is 0 Å². The highest BCUT2D eigenvalue weighted by atomic mass is 16.3. The fourth-order valence-corrected chi connectivity index (χ4v) is 3.28. The Kier molecular flexibility index (Phi) is 4.04. The molecule has 0 heterocycles. The van der Waals surface area contributed by atoms with Crippen LogP contribution in [0.25, 0.3) is 0 Å². The van der Waals surface area contributed by atoms with E-state index in [1.54, 1.807) is 0 Å². The molecule has 5 atom stereocenters. The Labute approximate surface area is 99.1 Å². The molecule has 0 aromatic carbocycles. The largest absolute Gasteiger partial charge is 0.393 e. The van der Waals surface area contributed by atoms with E-state index in [1.165, 1.54) is 12.8 Å². The minimum atomic E-state index is -0.150. The molecule has 2 heteroatoms. The van der Waals surface area contributed by atoms with Gasteiger partial charge in [-0.15, -0.1) is 0 Å². The molecule has 0 amide bonds. The van der Waals surface area contributed by atoms with Crippen molar-refractivity contribution in [2.24, 2.45) is 17.8 Å². The summed E-state index contributed by atoms with van der Waals surface area (Å²) in [7, 11) is 0. The summed E-state index contributed by atoms with van der Waals surface area (Å²) in [6.07, 6.45) is 9.45. The van der Waals surface area contributed by atoms with Crippen LogP contribution in [0, 0.1) is 17.8 Å². The maximum atomic E-state index is 9.18. The van der Waals surface area contributed by atoms with Crippen LogP contribution in [0.3, 0.4) is 0 Å². The Bertz CT molecular complexity index is 249. The van der Waals surface area contributed by atoms with Gasteiger partial charge in [-0.25, -0.2) is 0 Å². The first kappa shape index (κ1) is 12.1. The molecule has 1 fully saturated rings. The molecule has 5 unspecified atom stereocenters. The maximum Gasteiger partial charge on any atom is 0.0512 e. The second-order valence-corrected chi connectivity index (χ2v) is 5.68. The predicted octanol–water partition coefficient (Wildman–Crippen LogP) is 2.34. The van der Waals surface area contributed by atoms with Crippen LogP contribution in [-0.4, -0.2) is 23.8 Å². The molecular formula is C14H25NO. The van der Waals surface area contributed by atoms with Gasteiger partial charge in [0.05, 0.1) is 6.10 Å². The van der Waals surface area contributed by atoms with Crippen LogP contribution in [0.15, 0.2) is 12.2 Å². The summed E-state index contributed by atoms with van der Waals surface area (Å²) >= 11 is 0. The number of nitrogens with one attached hydrogen (secondary N) is 1. The lowest BCUT2D eigenvalue weighted by molar-refractivity contribution is 0.180. The zero-order chi connectivity index (χ0) is 11.5. The van der Waals surface area contributed by atoms with Gasteiger partial charge in [0.2, 0.25) is 0 Å². The molecule has 16 heavy (non-hydrogen) atoms. The second-order valence-electron chi connectivity index (χ2n) is 5.68.